The average Bonchev–Trinajstić information content (AvgIpc) is 3.05. The molecule has 170 valence electrons. The molecule has 0 saturated heterocycles. The van der Waals surface area contributed by atoms with Crippen molar-refractivity contribution in [1.29, 1.82) is 0 Å². The van der Waals surface area contributed by atoms with Crippen LogP contribution in [0.25, 0.3) is 6.08 Å². The molecule has 0 fully saturated rings. The number of aromatic hydroxyl groups is 1. The summed E-state index contributed by atoms with van der Waals surface area (Å²) in [5, 5.41) is 10.00. The third kappa shape index (κ3) is 3.98. The number of aryl methyl sites for hydroxylation is 1. The molecule has 3 N–H and O–H groups in total. The zero-order chi connectivity index (χ0) is 23.9. The van der Waals surface area contributed by atoms with E-state index in [-0.39, 0.29) is 22.3 Å². The van der Waals surface area contributed by atoms with E-state index >= 15 is 0 Å². The third-order valence-corrected chi connectivity index (χ3v) is 6.13. The van der Waals surface area contributed by atoms with E-state index in [2.05, 4.69) is 9.98 Å². The van der Waals surface area contributed by atoms with Crippen LogP contribution in [0, 0.1) is 6.92 Å². The van der Waals surface area contributed by atoms with Crippen LogP contribution in [0.15, 0.2) is 54.9 Å². The minimum atomic E-state index is -0.870. The van der Waals surface area contributed by atoms with Gasteiger partial charge < -0.3 is 9.84 Å². The summed E-state index contributed by atoms with van der Waals surface area (Å²) in [6.07, 6.45) is 1.18. The predicted molar refractivity (Wildman–Crippen MR) is 121 cm³/mol. The van der Waals surface area contributed by atoms with Crippen molar-refractivity contribution in [3.8, 4) is 5.88 Å². The van der Waals surface area contributed by atoms with Crippen LogP contribution >= 0.6 is 11.3 Å². The third-order valence-electron chi connectivity index (χ3n) is 5.14. The number of allylic oxidation sites excluding steroid dienone is 1. The van der Waals surface area contributed by atoms with Gasteiger partial charge in [-0.05, 0) is 32.4 Å². The van der Waals surface area contributed by atoms with Gasteiger partial charge in [-0.3, -0.25) is 24.1 Å². The number of hydrogen-bond donors (Lipinski definition) is 3. The van der Waals surface area contributed by atoms with Crippen molar-refractivity contribution < 1.29 is 14.6 Å². The van der Waals surface area contributed by atoms with Crippen molar-refractivity contribution >= 4 is 23.4 Å². The van der Waals surface area contributed by atoms with Gasteiger partial charge in [-0.1, -0.05) is 41.2 Å². The molecule has 0 aliphatic carbocycles. The maximum Gasteiger partial charge on any atom is 0.338 e. The lowest BCUT2D eigenvalue weighted by Crippen LogP contribution is -2.40. The smallest absolute Gasteiger partial charge is 0.338 e. The second-order valence-corrected chi connectivity index (χ2v) is 8.39. The van der Waals surface area contributed by atoms with E-state index < -0.39 is 34.7 Å². The summed E-state index contributed by atoms with van der Waals surface area (Å²) in [6.45, 7) is 5.45. The number of nitrogens with one attached hydrogen (secondary N) is 2. The van der Waals surface area contributed by atoms with Gasteiger partial charge in [0.2, 0.25) is 5.88 Å². The molecular weight excluding hydrogens is 448 g/mol. The van der Waals surface area contributed by atoms with E-state index in [4.69, 9.17) is 4.74 Å². The molecule has 3 aromatic rings. The maximum atomic E-state index is 13.4. The number of esters is 1. The first kappa shape index (κ1) is 22.2. The Balaban J connectivity index is 2.00. The van der Waals surface area contributed by atoms with Gasteiger partial charge in [0.25, 0.3) is 11.1 Å². The fourth-order valence-electron chi connectivity index (χ4n) is 3.60. The van der Waals surface area contributed by atoms with E-state index in [0.29, 0.717) is 16.1 Å². The van der Waals surface area contributed by atoms with Crippen molar-refractivity contribution in [3.05, 3.63) is 92.8 Å². The molecule has 0 spiro atoms. The number of benzene rings is 1. The first-order valence-corrected chi connectivity index (χ1v) is 10.8. The highest BCUT2D eigenvalue weighted by atomic mass is 32.1. The van der Waals surface area contributed by atoms with Crippen molar-refractivity contribution in [2.24, 2.45) is 4.99 Å². The number of hydrogen-bond acceptors (Lipinski definition) is 8. The number of carbonyl (C=O) groups is 1. The van der Waals surface area contributed by atoms with Crippen molar-refractivity contribution in [2.75, 3.05) is 6.61 Å². The summed E-state index contributed by atoms with van der Waals surface area (Å²) >= 11 is 0.997. The number of aromatic nitrogens is 3. The highest BCUT2D eigenvalue weighted by Crippen LogP contribution is 2.30. The molecule has 0 amide bonds. The largest absolute Gasteiger partial charge is 0.494 e. The molecule has 0 bridgehead atoms. The van der Waals surface area contributed by atoms with Crippen LogP contribution < -0.4 is 26.1 Å². The highest BCUT2D eigenvalue weighted by molar-refractivity contribution is 7.07. The number of aromatic amines is 2. The molecule has 1 atom stereocenters. The average molecular weight is 468 g/mol. The Morgan fingerprint density at radius 1 is 1.21 bits per heavy atom. The lowest BCUT2D eigenvalue weighted by molar-refractivity contribution is -0.139. The van der Waals surface area contributed by atoms with Crippen LogP contribution in [-0.2, 0) is 9.53 Å². The van der Waals surface area contributed by atoms with Gasteiger partial charge >= 0.3 is 11.7 Å². The minimum Gasteiger partial charge on any atom is -0.494 e. The van der Waals surface area contributed by atoms with Gasteiger partial charge in [0, 0.05) is 0 Å². The first-order chi connectivity index (χ1) is 15.7. The van der Waals surface area contributed by atoms with E-state index in [9.17, 15) is 24.3 Å². The summed E-state index contributed by atoms with van der Waals surface area (Å²) in [5.41, 5.74) is -0.143. The predicted octanol–water partition coefficient (Wildman–Crippen LogP) is 0.189. The highest BCUT2D eigenvalue weighted by Gasteiger charge is 2.33. The lowest BCUT2D eigenvalue weighted by atomic mass is 9.95. The van der Waals surface area contributed by atoms with Gasteiger partial charge in [-0.2, -0.15) is 0 Å². The van der Waals surface area contributed by atoms with Crippen LogP contribution in [0.4, 0.5) is 0 Å². The van der Waals surface area contributed by atoms with Crippen molar-refractivity contribution in [2.45, 2.75) is 26.8 Å². The normalized spacial score (nSPS) is 15.8. The molecular formula is C22H20N4O6S. The van der Waals surface area contributed by atoms with Crippen LogP contribution in [0.2, 0.25) is 0 Å². The summed E-state index contributed by atoms with van der Waals surface area (Å²) in [4.78, 5) is 58.6. The fraction of sp³-hybridized carbons (Fsp3) is 0.227. The monoisotopic (exact) mass is 468 g/mol. The zero-order valence-corrected chi connectivity index (χ0v) is 18.8. The standard InChI is InChI=1S/C22H20N4O6S/c1-4-32-20(30)15-11(3)23-22-26(16(15)12-7-5-10(2)6-8-12)19(29)14(33-22)9-13-17(27)24-21(31)25-18(13)28/h5-9,16H,4H2,1-3H3,(H3,24,25,27,28,31)/b14-9-/t16-/m1/s1. The zero-order valence-electron chi connectivity index (χ0n) is 18.0. The summed E-state index contributed by atoms with van der Waals surface area (Å²) in [5.74, 6) is -1.23. The molecule has 1 aliphatic heterocycles. The molecule has 33 heavy (non-hydrogen) atoms. The summed E-state index contributed by atoms with van der Waals surface area (Å²) in [6, 6.07) is 6.62. The van der Waals surface area contributed by atoms with E-state index in [1.54, 1.807) is 13.8 Å². The molecule has 0 saturated carbocycles. The van der Waals surface area contributed by atoms with E-state index in [1.165, 1.54) is 10.6 Å². The maximum absolute atomic E-state index is 13.4. The van der Waals surface area contributed by atoms with Crippen LogP contribution in [0.3, 0.4) is 0 Å². The first-order valence-electron chi connectivity index (χ1n) is 10.0. The number of fused-ring (bicyclic) bond motifs is 1. The molecule has 1 aromatic carbocycles. The van der Waals surface area contributed by atoms with Gasteiger partial charge in [0.05, 0.1) is 28.5 Å². The van der Waals surface area contributed by atoms with Gasteiger partial charge in [-0.25, -0.2) is 14.6 Å². The number of carbonyl (C=O) groups excluding carboxylic acids is 1. The van der Waals surface area contributed by atoms with Gasteiger partial charge in [-0.15, -0.1) is 0 Å². The summed E-state index contributed by atoms with van der Waals surface area (Å²) < 4.78 is 6.70. The molecule has 10 nitrogen and oxygen atoms in total. The van der Waals surface area contributed by atoms with E-state index in [0.717, 1.165) is 16.9 Å². The number of thiazole rings is 1. The number of nitrogens with zero attached hydrogens (tertiary/aromatic N) is 2. The minimum absolute atomic E-state index is 0.0941. The molecule has 3 heterocycles. The van der Waals surface area contributed by atoms with Gasteiger partial charge in [0.15, 0.2) is 4.80 Å². The molecule has 1 aliphatic rings. The Bertz CT molecular complexity index is 1590. The van der Waals surface area contributed by atoms with Gasteiger partial charge in [0.1, 0.15) is 5.56 Å². The molecule has 11 heteroatoms. The fourth-order valence-corrected chi connectivity index (χ4v) is 4.63. The molecule has 0 unspecified atom stereocenters. The van der Waals surface area contributed by atoms with Crippen LogP contribution in [0.1, 0.15) is 36.6 Å². The number of H-pyrrole nitrogens is 2. The number of ether oxygens (including phenoxy) is 1. The number of rotatable bonds is 4. The Morgan fingerprint density at radius 3 is 2.55 bits per heavy atom. The van der Waals surface area contributed by atoms with Crippen LogP contribution in [-0.4, -0.2) is 32.2 Å². The quantitative estimate of drug-likeness (QED) is 0.466. The molecule has 0 radical (unpaired) electrons. The van der Waals surface area contributed by atoms with Crippen LogP contribution in [0.5, 0.6) is 5.88 Å². The summed E-state index contributed by atoms with van der Waals surface area (Å²) in [7, 11) is 0. The Hall–Kier alpha value is -3.99. The Labute approximate surface area is 189 Å². The van der Waals surface area contributed by atoms with Crippen molar-refractivity contribution in [3.63, 3.8) is 0 Å². The molecule has 4 rings (SSSR count). The second kappa shape index (κ2) is 8.51. The SMILES string of the molecule is CCOC(=O)C1=C(C)N=c2s/c(=C\c3c(O)[nH]c(=O)[nH]c3=O)c(=O)n2[C@@H]1c1ccc(C)cc1. The molecule has 2 aromatic heterocycles. The topological polar surface area (TPSA) is 147 Å². The second-order valence-electron chi connectivity index (χ2n) is 7.38. The Kier molecular flexibility index (Phi) is 5.73. The lowest BCUT2D eigenvalue weighted by Gasteiger charge is -2.24. The van der Waals surface area contributed by atoms with Crippen molar-refractivity contribution in [1.82, 2.24) is 14.5 Å². The van der Waals surface area contributed by atoms with E-state index in [1.807, 2.05) is 36.2 Å². The Morgan fingerprint density at radius 2 is 1.91 bits per heavy atom.